The molecule has 0 amide bonds. The molecule has 0 N–H and O–H groups in total. The van der Waals surface area contributed by atoms with Crippen LogP contribution in [-0.2, 0) is 15.7 Å². The quantitative estimate of drug-likeness (QED) is 0.629. The van der Waals surface area contributed by atoms with Crippen molar-refractivity contribution in [2.45, 2.75) is 18.6 Å². The topological polar surface area (TPSA) is 33.2 Å². The van der Waals surface area contributed by atoms with Gasteiger partial charge in [0.15, 0.2) is 0 Å². The van der Waals surface area contributed by atoms with Crippen LogP contribution in [0.15, 0.2) is 18.5 Å². The van der Waals surface area contributed by atoms with E-state index in [-0.39, 0.29) is 4.75 Å². The molecule has 1 aliphatic heterocycles. The van der Waals surface area contributed by atoms with Crippen molar-refractivity contribution >= 4 is 16.7 Å². The first kappa shape index (κ1) is 8.69. The first-order chi connectivity index (χ1) is 6.05. The molecule has 4 heteroatoms. The highest BCUT2D eigenvalue weighted by atomic mass is 32.2. The van der Waals surface area contributed by atoms with Crippen LogP contribution >= 0.6 is 0 Å². The second kappa shape index (κ2) is 2.54. The van der Waals surface area contributed by atoms with Crippen molar-refractivity contribution in [3.63, 3.8) is 0 Å². The van der Waals surface area contributed by atoms with E-state index >= 15 is 0 Å². The first-order valence-corrected chi connectivity index (χ1v) is 5.26. The van der Waals surface area contributed by atoms with Crippen LogP contribution in [0.5, 0.6) is 0 Å². The maximum atomic E-state index is 11.9. The lowest BCUT2D eigenvalue weighted by Crippen LogP contribution is -2.26. The molecule has 0 aliphatic carbocycles. The van der Waals surface area contributed by atoms with E-state index in [4.69, 9.17) is 0 Å². The fraction of sp³-hybridized carbons (Fsp3) is 0.444. The number of nitrogens with zero attached hydrogens (tertiary/aromatic N) is 2. The molecule has 1 atom stereocenters. The van der Waals surface area contributed by atoms with Gasteiger partial charge in [-0.25, -0.2) is 4.21 Å². The fourth-order valence-corrected chi connectivity index (χ4v) is 3.04. The molecule has 0 radical (unpaired) electrons. The summed E-state index contributed by atoms with van der Waals surface area (Å²) < 4.78 is 13.4. The predicted molar refractivity (Wildman–Crippen MR) is 53.8 cm³/mol. The van der Waals surface area contributed by atoms with Gasteiger partial charge in [-0.05, 0) is 25.5 Å². The normalized spacial score (nSPS) is 24.5. The zero-order valence-corrected chi connectivity index (χ0v) is 8.76. The molecule has 0 fully saturated rings. The number of fused-ring (bicyclic) bond motifs is 1. The minimum absolute atomic E-state index is 0.285. The van der Waals surface area contributed by atoms with Crippen molar-refractivity contribution in [1.29, 1.82) is 0 Å². The second-order valence-corrected chi connectivity index (χ2v) is 5.72. The molecular weight excluding hydrogens is 184 g/mol. The van der Waals surface area contributed by atoms with E-state index in [9.17, 15) is 4.21 Å². The molecule has 13 heavy (non-hydrogen) atoms. The summed E-state index contributed by atoms with van der Waals surface area (Å²) in [5, 5.41) is 0. The zero-order chi connectivity index (χ0) is 9.64. The van der Waals surface area contributed by atoms with Crippen molar-refractivity contribution in [2.75, 3.05) is 11.4 Å². The predicted octanol–water partition coefficient (Wildman–Crippen LogP) is 1.43. The van der Waals surface area contributed by atoms with Crippen LogP contribution in [0.1, 0.15) is 19.4 Å². The molecule has 1 aliphatic rings. The fourth-order valence-electron chi connectivity index (χ4n) is 1.67. The lowest BCUT2D eigenvalue weighted by Gasteiger charge is -2.17. The maximum absolute atomic E-state index is 11.9. The van der Waals surface area contributed by atoms with Crippen LogP contribution in [0.3, 0.4) is 0 Å². The van der Waals surface area contributed by atoms with Crippen LogP contribution in [-0.4, -0.2) is 16.2 Å². The third-order valence-electron chi connectivity index (χ3n) is 2.47. The van der Waals surface area contributed by atoms with E-state index in [0.29, 0.717) is 0 Å². The van der Waals surface area contributed by atoms with Gasteiger partial charge in [0.25, 0.3) is 0 Å². The standard InChI is InChI=1S/C9H12N2OS/c1-9(2)7-4-5-10-6-8(7)11(3)13(9)12/h4-6H,1-3H3. The molecular formula is C9H12N2OS. The Kier molecular flexibility index (Phi) is 1.70. The Hall–Kier alpha value is -0.900. The van der Waals surface area contributed by atoms with E-state index < -0.39 is 11.0 Å². The third-order valence-corrected chi connectivity index (χ3v) is 4.26. The number of aromatic nitrogens is 1. The monoisotopic (exact) mass is 196 g/mol. The van der Waals surface area contributed by atoms with Gasteiger partial charge >= 0.3 is 0 Å². The first-order valence-electron chi connectivity index (χ1n) is 4.15. The van der Waals surface area contributed by atoms with Gasteiger partial charge in [-0.2, -0.15) is 0 Å². The summed E-state index contributed by atoms with van der Waals surface area (Å²) in [6.45, 7) is 3.98. The maximum Gasteiger partial charge on any atom is 0.129 e. The van der Waals surface area contributed by atoms with Crippen molar-refractivity contribution in [2.24, 2.45) is 0 Å². The Morgan fingerprint density at radius 2 is 2.23 bits per heavy atom. The Morgan fingerprint density at radius 3 is 2.85 bits per heavy atom. The van der Waals surface area contributed by atoms with Crippen LogP contribution in [0.25, 0.3) is 0 Å². The van der Waals surface area contributed by atoms with Crippen molar-refractivity contribution < 1.29 is 4.21 Å². The van der Waals surface area contributed by atoms with Gasteiger partial charge in [-0.3, -0.25) is 9.29 Å². The van der Waals surface area contributed by atoms with E-state index in [0.717, 1.165) is 11.3 Å². The average Bonchev–Trinajstić information content (AvgIpc) is 2.30. The Morgan fingerprint density at radius 1 is 1.54 bits per heavy atom. The Labute approximate surface area is 80.4 Å². The van der Waals surface area contributed by atoms with E-state index in [1.54, 1.807) is 16.7 Å². The summed E-state index contributed by atoms with van der Waals surface area (Å²) in [7, 11) is 0.858. The zero-order valence-electron chi connectivity index (χ0n) is 7.94. The van der Waals surface area contributed by atoms with Gasteiger partial charge in [-0.15, -0.1) is 0 Å². The molecule has 1 aromatic heterocycles. The summed E-state index contributed by atoms with van der Waals surface area (Å²) in [5.74, 6) is 0. The highest BCUT2D eigenvalue weighted by molar-refractivity contribution is 7.87. The van der Waals surface area contributed by atoms with Crippen LogP contribution in [0.4, 0.5) is 5.69 Å². The summed E-state index contributed by atoms with van der Waals surface area (Å²) >= 11 is 0. The largest absolute Gasteiger partial charge is 0.292 e. The smallest absolute Gasteiger partial charge is 0.129 e. The molecule has 0 saturated heterocycles. The highest BCUT2D eigenvalue weighted by Gasteiger charge is 2.40. The molecule has 2 rings (SSSR count). The van der Waals surface area contributed by atoms with Crippen LogP contribution < -0.4 is 4.31 Å². The summed E-state index contributed by atoms with van der Waals surface area (Å²) in [6, 6.07) is 1.94. The van der Waals surface area contributed by atoms with Gasteiger partial charge in [0.1, 0.15) is 11.0 Å². The average molecular weight is 196 g/mol. The van der Waals surface area contributed by atoms with E-state index in [2.05, 4.69) is 4.98 Å². The number of anilines is 1. The summed E-state index contributed by atoms with van der Waals surface area (Å²) in [4.78, 5) is 4.03. The number of hydrogen-bond donors (Lipinski definition) is 0. The second-order valence-electron chi connectivity index (χ2n) is 3.65. The summed E-state index contributed by atoms with van der Waals surface area (Å²) in [6.07, 6.45) is 3.51. The van der Waals surface area contributed by atoms with Gasteiger partial charge in [0, 0.05) is 13.2 Å². The molecule has 2 heterocycles. The van der Waals surface area contributed by atoms with Gasteiger partial charge in [0.2, 0.25) is 0 Å². The lowest BCUT2D eigenvalue weighted by molar-refractivity contribution is 0.651. The molecule has 70 valence electrons. The summed E-state index contributed by atoms with van der Waals surface area (Å²) in [5.41, 5.74) is 2.09. The third kappa shape index (κ3) is 1.01. The van der Waals surface area contributed by atoms with E-state index in [1.807, 2.05) is 27.0 Å². The molecule has 1 aromatic rings. The van der Waals surface area contributed by atoms with Gasteiger partial charge < -0.3 is 0 Å². The van der Waals surface area contributed by atoms with Crippen LogP contribution in [0.2, 0.25) is 0 Å². The molecule has 0 bridgehead atoms. The van der Waals surface area contributed by atoms with Crippen molar-refractivity contribution in [3.05, 3.63) is 24.0 Å². The SMILES string of the molecule is CN1c2cnccc2C(C)(C)S1=O. The van der Waals surface area contributed by atoms with Crippen molar-refractivity contribution in [3.8, 4) is 0 Å². The number of rotatable bonds is 0. The minimum Gasteiger partial charge on any atom is -0.292 e. The highest BCUT2D eigenvalue weighted by Crippen LogP contribution is 2.42. The van der Waals surface area contributed by atoms with Gasteiger partial charge in [0.05, 0.1) is 16.6 Å². The minimum atomic E-state index is -0.981. The molecule has 3 nitrogen and oxygen atoms in total. The number of pyridine rings is 1. The van der Waals surface area contributed by atoms with Crippen LogP contribution in [0, 0.1) is 0 Å². The molecule has 1 unspecified atom stereocenters. The molecule has 0 aromatic carbocycles. The molecule has 0 spiro atoms. The Balaban J connectivity index is 2.68. The lowest BCUT2D eigenvalue weighted by atomic mass is 10.0. The van der Waals surface area contributed by atoms with Crippen molar-refractivity contribution in [1.82, 2.24) is 4.98 Å². The Bertz CT molecular complexity index is 376. The van der Waals surface area contributed by atoms with Gasteiger partial charge in [-0.1, -0.05) is 0 Å². The van der Waals surface area contributed by atoms with E-state index in [1.165, 1.54) is 0 Å². The molecule has 0 saturated carbocycles. The number of hydrogen-bond acceptors (Lipinski definition) is 2.